The second-order valence-corrected chi connectivity index (χ2v) is 6.95. The molecule has 0 saturated heterocycles. The van der Waals surface area contributed by atoms with Crippen LogP contribution in [-0.2, 0) is 18.3 Å². The van der Waals surface area contributed by atoms with E-state index in [0.717, 1.165) is 43.8 Å². The molecule has 0 atom stereocenters. The van der Waals surface area contributed by atoms with Crippen LogP contribution < -0.4 is 0 Å². The summed E-state index contributed by atoms with van der Waals surface area (Å²) in [6.07, 6.45) is 10.3. The van der Waals surface area contributed by atoms with E-state index in [1.165, 1.54) is 25.7 Å². The van der Waals surface area contributed by atoms with Crippen LogP contribution in [0.2, 0.25) is 0 Å². The molecular weight excluding hydrogens is 266 g/mol. The largest absolute Gasteiger partial charge is 0.481 e. The number of hydrogen-bond acceptors (Lipinski definition) is 3. The molecule has 0 radical (unpaired) electrons. The Kier molecular flexibility index (Phi) is 4.00. The van der Waals surface area contributed by atoms with Crippen molar-refractivity contribution in [2.45, 2.75) is 70.1 Å². The number of nitrogens with zero attached hydrogens (tertiary/aromatic N) is 3. The van der Waals surface area contributed by atoms with Crippen LogP contribution in [0.25, 0.3) is 0 Å². The summed E-state index contributed by atoms with van der Waals surface area (Å²) < 4.78 is 1.88. The number of aromatic nitrogens is 3. The molecule has 2 fully saturated rings. The molecule has 1 N–H and O–H groups in total. The summed E-state index contributed by atoms with van der Waals surface area (Å²) in [7, 11) is 1.95. The molecule has 0 aromatic carbocycles. The average Bonchev–Trinajstić information content (AvgIpc) is 3.11. The summed E-state index contributed by atoms with van der Waals surface area (Å²) in [5.74, 6) is 1.78. The average molecular weight is 291 g/mol. The van der Waals surface area contributed by atoms with E-state index >= 15 is 0 Å². The topological polar surface area (TPSA) is 68.0 Å². The monoisotopic (exact) mass is 291 g/mol. The van der Waals surface area contributed by atoms with Crippen molar-refractivity contribution in [2.75, 3.05) is 0 Å². The fourth-order valence-electron chi connectivity index (χ4n) is 4.15. The third kappa shape index (κ3) is 3.11. The normalized spacial score (nSPS) is 22.0. The van der Waals surface area contributed by atoms with Gasteiger partial charge in [0.2, 0.25) is 0 Å². The second-order valence-electron chi connectivity index (χ2n) is 6.95. The number of carboxylic acid groups (broad SMARTS) is 1. The van der Waals surface area contributed by atoms with Crippen LogP contribution in [0.4, 0.5) is 0 Å². The van der Waals surface area contributed by atoms with Crippen LogP contribution in [0, 0.1) is 5.41 Å². The highest BCUT2D eigenvalue weighted by Gasteiger charge is 2.37. The van der Waals surface area contributed by atoms with Crippen molar-refractivity contribution in [3.63, 3.8) is 0 Å². The molecule has 116 valence electrons. The maximum absolute atomic E-state index is 11.2. The Labute approximate surface area is 125 Å². The third-order valence-corrected chi connectivity index (χ3v) is 5.31. The Balaban J connectivity index is 1.78. The maximum Gasteiger partial charge on any atom is 0.303 e. The fraction of sp³-hybridized carbons (Fsp3) is 0.812. The highest BCUT2D eigenvalue weighted by Crippen LogP contribution is 2.43. The zero-order valence-corrected chi connectivity index (χ0v) is 12.8. The van der Waals surface area contributed by atoms with E-state index in [1.54, 1.807) is 0 Å². The van der Waals surface area contributed by atoms with E-state index in [1.807, 2.05) is 11.7 Å². The number of rotatable bonds is 5. The third-order valence-electron chi connectivity index (χ3n) is 5.31. The minimum Gasteiger partial charge on any atom is -0.481 e. The van der Waals surface area contributed by atoms with Crippen molar-refractivity contribution in [2.24, 2.45) is 12.5 Å². The van der Waals surface area contributed by atoms with Crippen molar-refractivity contribution in [3.8, 4) is 0 Å². The first-order valence-corrected chi connectivity index (χ1v) is 8.20. The van der Waals surface area contributed by atoms with Gasteiger partial charge in [-0.05, 0) is 31.1 Å². The van der Waals surface area contributed by atoms with Crippen molar-refractivity contribution in [1.29, 1.82) is 0 Å². The van der Waals surface area contributed by atoms with Crippen molar-refractivity contribution in [3.05, 3.63) is 11.6 Å². The molecule has 1 heterocycles. The van der Waals surface area contributed by atoms with Gasteiger partial charge >= 0.3 is 5.97 Å². The molecule has 2 aliphatic rings. The van der Waals surface area contributed by atoms with Gasteiger partial charge < -0.3 is 5.11 Å². The predicted molar refractivity (Wildman–Crippen MR) is 79.1 cm³/mol. The smallest absolute Gasteiger partial charge is 0.303 e. The van der Waals surface area contributed by atoms with Gasteiger partial charge in [-0.1, -0.05) is 25.7 Å². The zero-order chi connectivity index (χ0) is 14.9. The standard InChI is InChI=1S/C16H25N3O2/c1-19-13(17-15(18-19)12-6-2-3-7-12)10-16(11-14(20)21)8-4-5-9-16/h12H,2-11H2,1H3,(H,20,21). The molecule has 0 aliphatic heterocycles. The van der Waals surface area contributed by atoms with E-state index < -0.39 is 5.97 Å². The summed E-state index contributed by atoms with van der Waals surface area (Å²) in [4.78, 5) is 16.0. The molecule has 0 unspecified atom stereocenters. The number of carboxylic acids is 1. The summed E-state index contributed by atoms with van der Waals surface area (Å²) >= 11 is 0. The van der Waals surface area contributed by atoms with Gasteiger partial charge in [0, 0.05) is 19.4 Å². The Morgan fingerprint density at radius 2 is 1.95 bits per heavy atom. The molecule has 0 spiro atoms. The fourth-order valence-corrected chi connectivity index (χ4v) is 4.15. The summed E-state index contributed by atoms with van der Waals surface area (Å²) in [6, 6.07) is 0. The van der Waals surface area contributed by atoms with E-state index in [-0.39, 0.29) is 11.8 Å². The van der Waals surface area contributed by atoms with Gasteiger partial charge in [-0.3, -0.25) is 9.48 Å². The summed E-state index contributed by atoms with van der Waals surface area (Å²) in [5.41, 5.74) is -0.0976. The van der Waals surface area contributed by atoms with Crippen LogP contribution in [0.1, 0.15) is 75.4 Å². The van der Waals surface area contributed by atoms with Gasteiger partial charge in [0.05, 0.1) is 6.42 Å². The SMILES string of the molecule is Cn1nc(C2CCCC2)nc1CC1(CC(=O)O)CCCC1. The van der Waals surface area contributed by atoms with E-state index in [0.29, 0.717) is 5.92 Å². The van der Waals surface area contributed by atoms with Gasteiger partial charge in [-0.2, -0.15) is 5.10 Å². The number of carbonyl (C=O) groups is 1. The Hall–Kier alpha value is -1.39. The molecule has 2 saturated carbocycles. The van der Waals surface area contributed by atoms with Crippen molar-refractivity contribution in [1.82, 2.24) is 14.8 Å². The Bertz CT molecular complexity index is 512. The van der Waals surface area contributed by atoms with Crippen molar-refractivity contribution >= 4 is 5.97 Å². The Morgan fingerprint density at radius 3 is 2.57 bits per heavy atom. The highest BCUT2D eigenvalue weighted by molar-refractivity contribution is 5.67. The Morgan fingerprint density at radius 1 is 1.29 bits per heavy atom. The highest BCUT2D eigenvalue weighted by atomic mass is 16.4. The van der Waals surface area contributed by atoms with Crippen LogP contribution in [0.3, 0.4) is 0 Å². The number of aliphatic carboxylic acids is 1. The van der Waals surface area contributed by atoms with Gasteiger partial charge in [0.1, 0.15) is 5.82 Å². The first-order chi connectivity index (χ1) is 10.1. The maximum atomic E-state index is 11.2. The number of hydrogen-bond donors (Lipinski definition) is 1. The molecule has 5 heteroatoms. The molecule has 2 aliphatic carbocycles. The number of aryl methyl sites for hydroxylation is 1. The van der Waals surface area contributed by atoms with Crippen LogP contribution in [-0.4, -0.2) is 25.8 Å². The molecule has 0 bridgehead atoms. The first-order valence-electron chi connectivity index (χ1n) is 8.20. The predicted octanol–water partition coefficient (Wildman–Crippen LogP) is 3.05. The lowest BCUT2D eigenvalue weighted by Gasteiger charge is -2.26. The second kappa shape index (κ2) is 5.78. The van der Waals surface area contributed by atoms with Gasteiger partial charge in [-0.25, -0.2) is 4.98 Å². The summed E-state index contributed by atoms with van der Waals surface area (Å²) in [6.45, 7) is 0. The van der Waals surface area contributed by atoms with E-state index in [9.17, 15) is 9.90 Å². The van der Waals surface area contributed by atoms with Gasteiger partial charge in [-0.15, -0.1) is 0 Å². The van der Waals surface area contributed by atoms with Crippen LogP contribution >= 0.6 is 0 Å². The van der Waals surface area contributed by atoms with Crippen LogP contribution in [0.5, 0.6) is 0 Å². The van der Waals surface area contributed by atoms with E-state index in [4.69, 9.17) is 4.98 Å². The minimum absolute atomic E-state index is 0.0976. The van der Waals surface area contributed by atoms with Gasteiger partial charge in [0.15, 0.2) is 5.82 Å². The van der Waals surface area contributed by atoms with E-state index in [2.05, 4.69) is 5.10 Å². The van der Waals surface area contributed by atoms with Gasteiger partial charge in [0.25, 0.3) is 0 Å². The summed E-state index contributed by atoms with van der Waals surface area (Å²) in [5, 5.41) is 13.8. The lowest BCUT2D eigenvalue weighted by molar-refractivity contribution is -0.139. The molecular formula is C16H25N3O2. The molecule has 5 nitrogen and oxygen atoms in total. The van der Waals surface area contributed by atoms with Crippen LogP contribution in [0.15, 0.2) is 0 Å². The lowest BCUT2D eigenvalue weighted by atomic mass is 9.79. The molecule has 21 heavy (non-hydrogen) atoms. The zero-order valence-electron chi connectivity index (χ0n) is 12.8. The quantitative estimate of drug-likeness (QED) is 0.905. The molecule has 3 rings (SSSR count). The lowest BCUT2D eigenvalue weighted by Crippen LogP contribution is -2.25. The first kappa shape index (κ1) is 14.5. The molecule has 1 aromatic heterocycles. The molecule has 0 amide bonds. The molecule has 1 aromatic rings. The minimum atomic E-state index is -0.685. The van der Waals surface area contributed by atoms with Crippen molar-refractivity contribution < 1.29 is 9.90 Å².